The van der Waals surface area contributed by atoms with E-state index in [9.17, 15) is 4.79 Å². The number of hydrogen-bond donors (Lipinski definition) is 1. The molecule has 0 radical (unpaired) electrons. The van der Waals surface area contributed by atoms with Gasteiger partial charge in [-0.1, -0.05) is 11.6 Å². The monoisotopic (exact) mass is 305 g/mol. The first-order valence-corrected chi connectivity index (χ1v) is 7.41. The first-order chi connectivity index (χ1) is 10.2. The van der Waals surface area contributed by atoms with Gasteiger partial charge >= 0.3 is 0 Å². The first kappa shape index (κ1) is 14.2. The maximum Gasteiger partial charge on any atom is 0.245 e. The molecule has 1 saturated carbocycles. The molecule has 1 heterocycles. The molecule has 1 atom stereocenters. The van der Waals surface area contributed by atoms with Crippen LogP contribution in [-0.4, -0.2) is 37.7 Å². The van der Waals surface area contributed by atoms with Gasteiger partial charge in [0.05, 0.1) is 35.6 Å². The van der Waals surface area contributed by atoms with Crippen LogP contribution < -0.4 is 10.2 Å². The fraction of sp³-hybridized carbons (Fsp3) is 0.467. The van der Waals surface area contributed by atoms with Crippen LogP contribution in [0.2, 0.25) is 5.02 Å². The summed E-state index contributed by atoms with van der Waals surface area (Å²) in [6.07, 6.45) is 2.11. The number of carbonyl (C=O) groups is 1. The summed E-state index contributed by atoms with van der Waals surface area (Å²) in [5.74, 6) is -0.0161. The number of nitrogens with one attached hydrogen (secondary N) is 1. The van der Waals surface area contributed by atoms with Crippen molar-refractivity contribution in [3.8, 4) is 6.07 Å². The zero-order valence-electron chi connectivity index (χ0n) is 11.5. The van der Waals surface area contributed by atoms with E-state index in [1.165, 1.54) is 0 Å². The van der Waals surface area contributed by atoms with Gasteiger partial charge in [0.2, 0.25) is 5.91 Å². The Morgan fingerprint density at radius 3 is 2.95 bits per heavy atom. The average Bonchev–Trinajstić information content (AvgIpc) is 3.31. The minimum Gasteiger partial charge on any atom is -0.377 e. The fourth-order valence-electron chi connectivity index (χ4n) is 2.44. The summed E-state index contributed by atoms with van der Waals surface area (Å²) >= 11 is 6.26. The molecule has 2 fully saturated rings. The van der Waals surface area contributed by atoms with Crippen molar-refractivity contribution in [3.63, 3.8) is 0 Å². The highest BCUT2D eigenvalue weighted by atomic mass is 35.5. The van der Waals surface area contributed by atoms with E-state index in [-0.39, 0.29) is 11.9 Å². The van der Waals surface area contributed by atoms with Gasteiger partial charge in [0, 0.05) is 12.6 Å². The highest BCUT2D eigenvalue weighted by Gasteiger charge is 2.34. The molecule has 21 heavy (non-hydrogen) atoms. The van der Waals surface area contributed by atoms with Crippen molar-refractivity contribution in [2.45, 2.75) is 24.9 Å². The Bertz CT molecular complexity index is 595. The van der Waals surface area contributed by atoms with E-state index in [1.54, 1.807) is 18.2 Å². The molecule has 6 heteroatoms. The van der Waals surface area contributed by atoms with Gasteiger partial charge in [-0.2, -0.15) is 5.26 Å². The second kappa shape index (κ2) is 5.92. The van der Waals surface area contributed by atoms with E-state index in [4.69, 9.17) is 21.6 Å². The quantitative estimate of drug-likeness (QED) is 0.923. The number of carbonyl (C=O) groups excluding carboxylic acids is 1. The van der Waals surface area contributed by atoms with Crippen LogP contribution in [0.3, 0.4) is 0 Å². The van der Waals surface area contributed by atoms with Crippen LogP contribution in [0.5, 0.6) is 0 Å². The molecule has 5 nitrogen and oxygen atoms in total. The Balaban J connectivity index is 1.83. The number of halogens is 1. The van der Waals surface area contributed by atoms with Crippen molar-refractivity contribution < 1.29 is 9.53 Å². The number of ether oxygens (including phenoxy) is 1. The Labute approximate surface area is 128 Å². The van der Waals surface area contributed by atoms with Crippen LogP contribution in [0.1, 0.15) is 18.4 Å². The number of benzene rings is 1. The van der Waals surface area contributed by atoms with Crippen molar-refractivity contribution in [3.05, 3.63) is 28.8 Å². The van der Waals surface area contributed by atoms with Crippen molar-refractivity contribution in [2.24, 2.45) is 0 Å². The van der Waals surface area contributed by atoms with Crippen LogP contribution in [0.15, 0.2) is 18.2 Å². The van der Waals surface area contributed by atoms with Gasteiger partial charge in [0.25, 0.3) is 0 Å². The normalized spacial score (nSPS) is 21.7. The van der Waals surface area contributed by atoms with E-state index in [1.807, 2.05) is 4.90 Å². The summed E-state index contributed by atoms with van der Waals surface area (Å²) in [7, 11) is 0. The molecule has 1 saturated heterocycles. The van der Waals surface area contributed by atoms with Crippen molar-refractivity contribution >= 4 is 23.2 Å². The lowest BCUT2D eigenvalue weighted by molar-refractivity contribution is -0.124. The van der Waals surface area contributed by atoms with Gasteiger partial charge in [-0.05, 0) is 31.0 Å². The van der Waals surface area contributed by atoms with Gasteiger partial charge in [-0.15, -0.1) is 0 Å². The summed E-state index contributed by atoms with van der Waals surface area (Å²) in [4.78, 5) is 14.3. The summed E-state index contributed by atoms with van der Waals surface area (Å²) in [5, 5.41) is 12.4. The topological polar surface area (TPSA) is 65.4 Å². The van der Waals surface area contributed by atoms with Crippen molar-refractivity contribution in [2.75, 3.05) is 24.7 Å². The number of nitrogens with zero attached hydrogens (tertiary/aromatic N) is 2. The molecule has 1 N–H and O–H groups in total. The van der Waals surface area contributed by atoms with Gasteiger partial charge in [-0.3, -0.25) is 4.79 Å². The average molecular weight is 306 g/mol. The predicted octanol–water partition coefficient (Wildman–Crippen LogP) is 1.70. The number of anilines is 1. The molecule has 1 unspecified atom stereocenters. The zero-order valence-corrected chi connectivity index (χ0v) is 12.3. The minimum atomic E-state index is -0.371. The molecule has 1 amide bonds. The largest absolute Gasteiger partial charge is 0.377 e. The van der Waals surface area contributed by atoms with Crippen LogP contribution >= 0.6 is 11.6 Å². The third kappa shape index (κ3) is 3.12. The summed E-state index contributed by atoms with van der Waals surface area (Å²) in [6.45, 7) is 1.52. The second-order valence-electron chi connectivity index (χ2n) is 5.34. The molecule has 2 aliphatic rings. The summed E-state index contributed by atoms with van der Waals surface area (Å²) in [5.41, 5.74) is 1.28. The standard InChI is InChI=1S/C15H16ClN3O2/c16-12-7-10(8-17)1-4-13(12)19-5-6-21-9-14(19)15(20)18-11-2-3-11/h1,4,7,11,14H,2-3,5-6,9H2,(H,18,20). The molecule has 1 aromatic rings. The van der Waals surface area contributed by atoms with Crippen molar-refractivity contribution in [1.29, 1.82) is 5.26 Å². The summed E-state index contributed by atoms with van der Waals surface area (Å²) < 4.78 is 5.44. The maximum absolute atomic E-state index is 12.3. The highest BCUT2D eigenvalue weighted by molar-refractivity contribution is 6.33. The van der Waals surface area contributed by atoms with Gasteiger partial charge < -0.3 is 15.0 Å². The molecular weight excluding hydrogens is 290 g/mol. The van der Waals surface area contributed by atoms with Crippen molar-refractivity contribution in [1.82, 2.24) is 5.32 Å². The van der Waals surface area contributed by atoms with E-state index in [0.29, 0.717) is 36.4 Å². The Morgan fingerprint density at radius 1 is 1.48 bits per heavy atom. The lowest BCUT2D eigenvalue weighted by Crippen LogP contribution is -2.54. The number of nitriles is 1. The number of hydrogen-bond acceptors (Lipinski definition) is 4. The van der Waals surface area contributed by atoms with E-state index in [0.717, 1.165) is 18.5 Å². The SMILES string of the molecule is N#Cc1ccc(N2CCOCC2C(=O)NC2CC2)c(Cl)c1. The highest BCUT2D eigenvalue weighted by Crippen LogP contribution is 2.30. The zero-order chi connectivity index (χ0) is 14.8. The third-order valence-corrected chi connectivity index (χ3v) is 4.04. The lowest BCUT2D eigenvalue weighted by atomic mass is 10.1. The molecule has 1 aliphatic heterocycles. The van der Waals surface area contributed by atoms with Gasteiger partial charge in [-0.25, -0.2) is 0 Å². The van der Waals surface area contributed by atoms with Crippen LogP contribution in [-0.2, 0) is 9.53 Å². The molecule has 110 valence electrons. The molecule has 0 bridgehead atoms. The summed E-state index contributed by atoms with van der Waals surface area (Å²) in [6, 6.07) is 7.14. The van der Waals surface area contributed by atoms with E-state index in [2.05, 4.69) is 11.4 Å². The lowest BCUT2D eigenvalue weighted by Gasteiger charge is -2.36. The Hall–Kier alpha value is -1.77. The Kier molecular flexibility index (Phi) is 4.00. The number of morpholine rings is 1. The van der Waals surface area contributed by atoms with Gasteiger partial charge in [0.1, 0.15) is 6.04 Å². The minimum absolute atomic E-state index is 0.0161. The van der Waals surface area contributed by atoms with Crippen LogP contribution in [0.25, 0.3) is 0 Å². The molecule has 1 aromatic carbocycles. The molecule has 1 aliphatic carbocycles. The Morgan fingerprint density at radius 2 is 2.29 bits per heavy atom. The fourth-order valence-corrected chi connectivity index (χ4v) is 2.73. The maximum atomic E-state index is 12.3. The molecule has 0 aromatic heterocycles. The van der Waals surface area contributed by atoms with Crippen LogP contribution in [0.4, 0.5) is 5.69 Å². The van der Waals surface area contributed by atoms with E-state index < -0.39 is 0 Å². The smallest absolute Gasteiger partial charge is 0.245 e. The first-order valence-electron chi connectivity index (χ1n) is 7.03. The predicted molar refractivity (Wildman–Crippen MR) is 79.3 cm³/mol. The number of amides is 1. The molecule has 3 rings (SSSR count). The molecule has 0 spiro atoms. The van der Waals surface area contributed by atoms with Crippen LogP contribution in [0, 0.1) is 11.3 Å². The van der Waals surface area contributed by atoms with Gasteiger partial charge in [0.15, 0.2) is 0 Å². The second-order valence-corrected chi connectivity index (χ2v) is 5.75. The van der Waals surface area contributed by atoms with E-state index >= 15 is 0 Å². The number of rotatable bonds is 3. The molecular formula is C15H16ClN3O2. The third-order valence-electron chi connectivity index (χ3n) is 3.74.